The van der Waals surface area contributed by atoms with Crippen LogP contribution in [0.5, 0.6) is 0 Å². The Morgan fingerprint density at radius 3 is 2.50 bits per heavy atom. The van der Waals surface area contributed by atoms with Crippen LogP contribution < -0.4 is 9.80 Å². The predicted molar refractivity (Wildman–Crippen MR) is 78.5 cm³/mol. The van der Waals surface area contributed by atoms with E-state index in [9.17, 15) is 0 Å². The van der Waals surface area contributed by atoms with Gasteiger partial charge in [-0.1, -0.05) is 6.92 Å². The van der Waals surface area contributed by atoms with Crippen LogP contribution in [-0.2, 0) is 4.74 Å². The molecule has 1 aromatic rings. The van der Waals surface area contributed by atoms with Crippen molar-refractivity contribution in [1.29, 1.82) is 0 Å². The smallest absolute Gasteiger partial charge is 0.231 e. The van der Waals surface area contributed by atoms with Crippen molar-refractivity contribution in [3.05, 3.63) is 5.28 Å². The van der Waals surface area contributed by atoms with E-state index in [0.29, 0.717) is 18.5 Å². The normalized spacial score (nSPS) is 23.4. The third-order valence-corrected chi connectivity index (χ3v) is 4.02. The summed E-state index contributed by atoms with van der Waals surface area (Å²) in [7, 11) is 0. The number of halogens is 1. The van der Waals surface area contributed by atoms with Gasteiger partial charge in [-0.15, -0.1) is 0 Å². The quantitative estimate of drug-likeness (QED) is 0.847. The maximum Gasteiger partial charge on any atom is 0.231 e. The summed E-state index contributed by atoms with van der Waals surface area (Å²) < 4.78 is 5.68. The monoisotopic (exact) mass is 297 g/mol. The van der Waals surface area contributed by atoms with Crippen molar-refractivity contribution in [3.8, 4) is 0 Å². The zero-order valence-corrected chi connectivity index (χ0v) is 12.5. The highest BCUT2D eigenvalue weighted by Crippen LogP contribution is 2.22. The minimum atomic E-state index is 0.245. The van der Waals surface area contributed by atoms with Crippen molar-refractivity contribution >= 4 is 23.5 Å². The number of rotatable bonds is 3. The van der Waals surface area contributed by atoms with Gasteiger partial charge in [0.05, 0.1) is 12.7 Å². The van der Waals surface area contributed by atoms with Crippen molar-refractivity contribution in [2.24, 2.45) is 0 Å². The van der Waals surface area contributed by atoms with E-state index < -0.39 is 0 Å². The van der Waals surface area contributed by atoms with E-state index in [-0.39, 0.29) is 11.4 Å². The molecule has 6 nitrogen and oxygen atoms in total. The summed E-state index contributed by atoms with van der Waals surface area (Å²) in [6, 6.07) is 0. The van der Waals surface area contributed by atoms with Gasteiger partial charge < -0.3 is 14.5 Å². The molecule has 0 saturated carbocycles. The first-order chi connectivity index (χ1) is 9.76. The minimum absolute atomic E-state index is 0.245. The van der Waals surface area contributed by atoms with Gasteiger partial charge in [0.2, 0.25) is 17.2 Å². The molecular formula is C13H20ClN5O. The molecular weight excluding hydrogens is 278 g/mol. The number of ether oxygens (including phenoxy) is 1. The van der Waals surface area contributed by atoms with Crippen LogP contribution in [0.1, 0.15) is 26.2 Å². The van der Waals surface area contributed by atoms with E-state index in [4.69, 9.17) is 16.3 Å². The zero-order valence-electron chi connectivity index (χ0n) is 11.8. The van der Waals surface area contributed by atoms with Crippen molar-refractivity contribution in [3.63, 3.8) is 0 Å². The third-order valence-electron chi connectivity index (χ3n) is 3.85. The van der Waals surface area contributed by atoms with Gasteiger partial charge in [-0.25, -0.2) is 0 Å². The maximum atomic E-state index is 6.07. The highest BCUT2D eigenvalue weighted by Gasteiger charge is 2.23. The molecule has 1 aromatic heterocycles. The fourth-order valence-electron chi connectivity index (χ4n) is 2.68. The maximum absolute atomic E-state index is 6.07. The Hall–Kier alpha value is -1.14. The van der Waals surface area contributed by atoms with Gasteiger partial charge in [0.1, 0.15) is 0 Å². The van der Waals surface area contributed by atoms with Gasteiger partial charge in [-0.2, -0.15) is 15.0 Å². The SMILES string of the molecule is CCC1CN(c2nc(Cl)nc(N3CCCC3)n2)CCO1. The topological polar surface area (TPSA) is 54.4 Å². The first kappa shape index (κ1) is 13.8. The number of nitrogens with zero attached hydrogens (tertiary/aromatic N) is 5. The molecule has 2 aliphatic heterocycles. The molecule has 20 heavy (non-hydrogen) atoms. The largest absolute Gasteiger partial charge is 0.375 e. The fourth-order valence-corrected chi connectivity index (χ4v) is 2.83. The molecule has 3 heterocycles. The third kappa shape index (κ3) is 2.96. The molecule has 0 radical (unpaired) electrons. The lowest BCUT2D eigenvalue weighted by molar-refractivity contribution is 0.0379. The van der Waals surface area contributed by atoms with E-state index in [1.54, 1.807) is 0 Å². The standard InChI is InChI=1S/C13H20ClN5O/c1-2-10-9-19(7-8-20-10)13-16-11(14)15-12(17-13)18-5-3-4-6-18/h10H,2-9H2,1H3. The summed E-state index contributed by atoms with van der Waals surface area (Å²) >= 11 is 6.07. The second-order valence-corrected chi connectivity index (χ2v) is 5.58. The summed E-state index contributed by atoms with van der Waals surface area (Å²) in [6.07, 6.45) is 3.62. The minimum Gasteiger partial charge on any atom is -0.375 e. The Balaban J connectivity index is 1.81. The van der Waals surface area contributed by atoms with Gasteiger partial charge in [0, 0.05) is 26.2 Å². The number of anilines is 2. The average Bonchev–Trinajstić information content (AvgIpc) is 3.01. The Bertz CT molecular complexity index is 466. The number of hydrogen-bond donors (Lipinski definition) is 0. The molecule has 2 fully saturated rings. The lowest BCUT2D eigenvalue weighted by Crippen LogP contribution is -2.43. The molecule has 0 bridgehead atoms. The molecule has 2 saturated heterocycles. The molecule has 0 aliphatic carbocycles. The Morgan fingerprint density at radius 2 is 1.80 bits per heavy atom. The number of hydrogen-bond acceptors (Lipinski definition) is 6. The van der Waals surface area contributed by atoms with Gasteiger partial charge in [0.25, 0.3) is 0 Å². The molecule has 0 spiro atoms. The average molecular weight is 298 g/mol. The van der Waals surface area contributed by atoms with Crippen LogP contribution in [0.25, 0.3) is 0 Å². The van der Waals surface area contributed by atoms with Crippen molar-refractivity contribution in [2.45, 2.75) is 32.3 Å². The second-order valence-electron chi connectivity index (χ2n) is 5.25. The highest BCUT2D eigenvalue weighted by molar-refractivity contribution is 6.28. The predicted octanol–water partition coefficient (Wildman–Crippen LogP) is 1.74. The van der Waals surface area contributed by atoms with Crippen molar-refractivity contribution in [2.75, 3.05) is 42.6 Å². The van der Waals surface area contributed by atoms with E-state index >= 15 is 0 Å². The first-order valence-electron chi connectivity index (χ1n) is 7.29. The molecule has 0 N–H and O–H groups in total. The van der Waals surface area contributed by atoms with E-state index in [1.807, 2.05) is 0 Å². The van der Waals surface area contributed by atoms with Crippen molar-refractivity contribution in [1.82, 2.24) is 15.0 Å². The van der Waals surface area contributed by atoms with Crippen LogP contribution in [0, 0.1) is 0 Å². The van der Waals surface area contributed by atoms with E-state index in [2.05, 4.69) is 31.7 Å². The summed E-state index contributed by atoms with van der Waals surface area (Å²) in [5, 5.41) is 0.274. The van der Waals surface area contributed by atoms with Gasteiger partial charge in [-0.05, 0) is 30.9 Å². The van der Waals surface area contributed by atoms with Crippen LogP contribution in [0.3, 0.4) is 0 Å². The summed E-state index contributed by atoms with van der Waals surface area (Å²) in [5.41, 5.74) is 0. The van der Waals surface area contributed by atoms with Gasteiger partial charge >= 0.3 is 0 Å². The molecule has 1 atom stereocenters. The molecule has 1 unspecified atom stereocenters. The second kappa shape index (κ2) is 6.10. The van der Waals surface area contributed by atoms with Crippen LogP contribution >= 0.6 is 11.6 Å². The van der Waals surface area contributed by atoms with Gasteiger partial charge in [0.15, 0.2) is 0 Å². The number of morpholine rings is 1. The summed E-state index contributed by atoms with van der Waals surface area (Å²) in [5.74, 6) is 1.38. The van der Waals surface area contributed by atoms with E-state index in [0.717, 1.165) is 32.6 Å². The highest BCUT2D eigenvalue weighted by atomic mass is 35.5. The lowest BCUT2D eigenvalue weighted by atomic mass is 10.2. The Morgan fingerprint density at radius 1 is 1.10 bits per heavy atom. The number of aromatic nitrogens is 3. The van der Waals surface area contributed by atoms with Crippen molar-refractivity contribution < 1.29 is 4.74 Å². The lowest BCUT2D eigenvalue weighted by Gasteiger charge is -2.32. The first-order valence-corrected chi connectivity index (χ1v) is 7.67. The van der Waals surface area contributed by atoms with Crippen LogP contribution in [-0.4, -0.2) is 53.8 Å². The molecule has 110 valence electrons. The van der Waals surface area contributed by atoms with Gasteiger partial charge in [-0.3, -0.25) is 0 Å². The van der Waals surface area contributed by atoms with E-state index in [1.165, 1.54) is 12.8 Å². The van der Waals surface area contributed by atoms with Crippen LogP contribution in [0.4, 0.5) is 11.9 Å². The van der Waals surface area contributed by atoms with Crippen LogP contribution in [0.15, 0.2) is 0 Å². The van der Waals surface area contributed by atoms with Crippen LogP contribution in [0.2, 0.25) is 5.28 Å². The summed E-state index contributed by atoms with van der Waals surface area (Å²) in [4.78, 5) is 17.5. The molecule has 0 amide bonds. The zero-order chi connectivity index (χ0) is 13.9. The Kier molecular flexibility index (Phi) is 4.21. The molecule has 2 aliphatic rings. The molecule has 7 heteroatoms. The summed E-state index contributed by atoms with van der Waals surface area (Å²) in [6.45, 7) is 6.46. The fraction of sp³-hybridized carbons (Fsp3) is 0.769. The molecule has 0 aromatic carbocycles. The Labute approximate surface area is 124 Å². The molecule has 3 rings (SSSR count).